The van der Waals surface area contributed by atoms with E-state index in [2.05, 4.69) is 0 Å². The van der Waals surface area contributed by atoms with Crippen molar-refractivity contribution < 1.29 is 35.4 Å². The first-order chi connectivity index (χ1) is 30.1. The summed E-state index contributed by atoms with van der Waals surface area (Å²) >= 11 is 0. The van der Waals surface area contributed by atoms with Crippen molar-refractivity contribution >= 4 is 5.78 Å². The van der Waals surface area contributed by atoms with Crippen LogP contribution in [0.25, 0.3) is 67.3 Å². The molecule has 2 heterocycles. The molecule has 6 N–H and O–H groups in total. The minimum atomic E-state index is -0.399. The first-order valence-corrected chi connectivity index (χ1v) is 20.8. The molecule has 6 aromatic carbocycles. The van der Waals surface area contributed by atoms with Gasteiger partial charge in [-0.3, -0.25) is 14.2 Å². The maximum Gasteiger partial charge on any atom is 0.194 e. The fourth-order valence-corrected chi connectivity index (χ4v) is 8.62. The van der Waals surface area contributed by atoms with Crippen molar-refractivity contribution in [2.45, 2.75) is 50.6 Å². The van der Waals surface area contributed by atoms with Gasteiger partial charge in [-0.25, -0.2) is 0 Å². The molecule has 2 aliphatic rings. The van der Waals surface area contributed by atoms with Gasteiger partial charge in [0.2, 0.25) is 0 Å². The molecule has 62 heavy (non-hydrogen) atoms. The molecule has 0 amide bonds. The quantitative estimate of drug-likeness (QED) is 0.0734. The molecule has 0 unspecified atom stereocenters. The third-order valence-corrected chi connectivity index (χ3v) is 12.3. The highest BCUT2D eigenvalue weighted by atomic mass is 16.3. The molecule has 0 spiro atoms. The molecule has 308 valence electrons. The van der Waals surface area contributed by atoms with Gasteiger partial charge in [0.25, 0.3) is 0 Å². The highest BCUT2D eigenvalue weighted by molar-refractivity contribution is 6.18. The molecule has 10 rings (SSSR count). The molecule has 11 nitrogen and oxygen atoms in total. The number of benzene rings is 6. The molecule has 0 radical (unpaired) electrons. The van der Waals surface area contributed by atoms with E-state index in [0.29, 0.717) is 56.2 Å². The molecule has 0 saturated heterocycles. The molecule has 0 aliphatic heterocycles. The summed E-state index contributed by atoms with van der Waals surface area (Å²) < 4.78 is 3.97. The Labute approximate surface area is 356 Å². The van der Waals surface area contributed by atoms with Crippen LogP contribution in [0, 0.1) is 0 Å². The van der Waals surface area contributed by atoms with Gasteiger partial charge < -0.3 is 30.6 Å². The van der Waals surface area contributed by atoms with Gasteiger partial charge in [0.05, 0.1) is 23.5 Å². The van der Waals surface area contributed by atoms with Crippen molar-refractivity contribution in [3.8, 4) is 102 Å². The zero-order chi connectivity index (χ0) is 42.6. The summed E-state index contributed by atoms with van der Waals surface area (Å²) in [6.07, 6.45) is 5.63. The van der Waals surface area contributed by atoms with E-state index in [1.54, 1.807) is 97.1 Å². The Hall–Kier alpha value is -7.79. The van der Waals surface area contributed by atoms with Gasteiger partial charge >= 0.3 is 0 Å². The summed E-state index contributed by atoms with van der Waals surface area (Å²) in [6, 6.07) is 36.5. The van der Waals surface area contributed by atoms with Crippen molar-refractivity contribution in [1.82, 2.24) is 19.6 Å². The number of ketones is 1. The van der Waals surface area contributed by atoms with Crippen LogP contribution < -0.4 is 0 Å². The Bertz CT molecular complexity index is 2780. The van der Waals surface area contributed by atoms with Crippen LogP contribution in [0.5, 0.6) is 34.5 Å². The number of rotatable bonds is 10. The minimum absolute atomic E-state index is 0.0624. The average Bonchev–Trinajstić information content (AvgIpc) is 3.80. The molecular formula is C51H42N4O7. The van der Waals surface area contributed by atoms with E-state index < -0.39 is 5.78 Å². The monoisotopic (exact) mass is 822 g/mol. The minimum Gasteiger partial charge on any atom is -0.508 e. The zero-order valence-corrected chi connectivity index (χ0v) is 33.5. The van der Waals surface area contributed by atoms with Crippen LogP contribution >= 0.6 is 0 Å². The predicted octanol–water partition coefficient (Wildman–Crippen LogP) is 11.0. The van der Waals surface area contributed by atoms with Crippen LogP contribution in [-0.4, -0.2) is 56.0 Å². The van der Waals surface area contributed by atoms with Crippen LogP contribution in [-0.2, 0) is 0 Å². The van der Waals surface area contributed by atoms with Crippen LogP contribution in [0.3, 0.4) is 0 Å². The molecule has 11 heteroatoms. The van der Waals surface area contributed by atoms with Crippen LogP contribution in [0.2, 0.25) is 0 Å². The summed E-state index contributed by atoms with van der Waals surface area (Å²) in [7, 11) is 0. The van der Waals surface area contributed by atoms with Gasteiger partial charge in [-0.1, -0.05) is 0 Å². The standard InChI is InChI=1S/C51H42N4O7/c56-35-15-7-29(8-16-35)47-45(49(31-11-19-37(58)20-12-31)54(52-47)33-3-1-4-33)43-27-39(60)23-25-41(43)51(62)42-26-24-40(61)28-44(42)46-48(30-9-17-36(57)18-10-30)53-55(34-5-2-6-34)50(46)32-13-21-38(59)22-14-32/h7-28,33-34,56-61H,1-6H2. The molecule has 0 bridgehead atoms. The number of phenols is 6. The van der Waals surface area contributed by atoms with E-state index in [-0.39, 0.29) is 57.7 Å². The largest absolute Gasteiger partial charge is 0.508 e. The van der Waals surface area contributed by atoms with Gasteiger partial charge in [0, 0.05) is 55.6 Å². The molecule has 2 aliphatic carbocycles. The number of phenolic OH excluding ortho intramolecular Hbond substituents is 6. The Morgan fingerprint density at radius 2 is 0.726 bits per heavy atom. The van der Waals surface area contributed by atoms with Crippen molar-refractivity contribution in [3.63, 3.8) is 0 Å². The summed E-state index contributed by atoms with van der Waals surface area (Å²) in [5.41, 5.74) is 7.84. The SMILES string of the molecule is O=C(c1ccc(O)cc1-c1c(-c2ccc(O)cc2)nn(C2CCC2)c1-c1ccc(O)cc1)c1ccc(O)cc1-c1c(-c2ccc(O)cc2)nn(C2CCC2)c1-c1ccc(O)cc1. The number of carbonyl (C=O) groups excluding carboxylic acids is 1. The lowest BCUT2D eigenvalue weighted by Crippen LogP contribution is -2.19. The van der Waals surface area contributed by atoms with E-state index in [1.807, 2.05) is 33.6 Å². The normalized spacial score (nSPS) is 14.1. The lowest BCUT2D eigenvalue weighted by Gasteiger charge is -2.28. The third kappa shape index (κ3) is 6.77. The fourth-order valence-electron chi connectivity index (χ4n) is 8.62. The molecule has 0 atom stereocenters. The summed E-state index contributed by atoms with van der Waals surface area (Å²) in [5.74, 6) is -0.188. The first-order valence-electron chi connectivity index (χ1n) is 20.8. The predicted molar refractivity (Wildman–Crippen MR) is 236 cm³/mol. The first kappa shape index (κ1) is 38.4. The number of nitrogens with zero attached hydrogens (tertiary/aromatic N) is 4. The average molecular weight is 823 g/mol. The smallest absolute Gasteiger partial charge is 0.194 e. The van der Waals surface area contributed by atoms with E-state index in [0.717, 1.165) is 49.7 Å². The van der Waals surface area contributed by atoms with Crippen molar-refractivity contribution in [3.05, 3.63) is 145 Å². The van der Waals surface area contributed by atoms with Gasteiger partial charge in [0.1, 0.15) is 45.9 Å². The van der Waals surface area contributed by atoms with Crippen LogP contribution in [0.15, 0.2) is 133 Å². The second kappa shape index (κ2) is 15.3. The molecule has 2 saturated carbocycles. The Morgan fingerprint density at radius 1 is 0.419 bits per heavy atom. The maximum absolute atomic E-state index is 15.7. The fraction of sp³-hybridized carbons (Fsp3) is 0.157. The van der Waals surface area contributed by atoms with Crippen LogP contribution in [0.1, 0.15) is 66.5 Å². The van der Waals surface area contributed by atoms with Crippen molar-refractivity contribution in [2.24, 2.45) is 0 Å². The van der Waals surface area contributed by atoms with Gasteiger partial charge in [-0.15, -0.1) is 0 Å². The third-order valence-electron chi connectivity index (χ3n) is 12.3. The Balaban J connectivity index is 1.24. The summed E-state index contributed by atoms with van der Waals surface area (Å²) in [6.45, 7) is 0. The van der Waals surface area contributed by atoms with Gasteiger partial charge in [-0.2, -0.15) is 10.2 Å². The molecule has 8 aromatic rings. The van der Waals surface area contributed by atoms with Crippen LogP contribution in [0.4, 0.5) is 0 Å². The second-order valence-corrected chi connectivity index (χ2v) is 16.2. The van der Waals surface area contributed by atoms with Crippen molar-refractivity contribution in [1.29, 1.82) is 0 Å². The highest BCUT2D eigenvalue weighted by Crippen LogP contribution is 2.50. The number of aromatic hydroxyl groups is 6. The highest BCUT2D eigenvalue weighted by Gasteiger charge is 2.34. The Morgan fingerprint density at radius 3 is 1.03 bits per heavy atom. The maximum atomic E-state index is 15.7. The van der Waals surface area contributed by atoms with E-state index in [1.165, 1.54) is 12.1 Å². The number of carbonyl (C=O) groups is 1. The van der Waals surface area contributed by atoms with Gasteiger partial charge in [0.15, 0.2) is 5.78 Å². The van der Waals surface area contributed by atoms with E-state index in [9.17, 15) is 30.6 Å². The number of hydrogen-bond acceptors (Lipinski definition) is 9. The number of hydrogen-bond donors (Lipinski definition) is 6. The molecule has 2 fully saturated rings. The Kier molecular flexibility index (Phi) is 9.51. The lowest BCUT2D eigenvalue weighted by atomic mass is 9.85. The summed E-state index contributed by atoms with van der Waals surface area (Å²) in [5, 5.41) is 74.2. The lowest BCUT2D eigenvalue weighted by molar-refractivity contribution is 0.104. The second-order valence-electron chi connectivity index (χ2n) is 16.2. The van der Waals surface area contributed by atoms with E-state index >= 15 is 4.79 Å². The van der Waals surface area contributed by atoms with Gasteiger partial charge in [-0.05, 0) is 172 Å². The van der Waals surface area contributed by atoms with Crippen molar-refractivity contribution in [2.75, 3.05) is 0 Å². The van der Waals surface area contributed by atoms with E-state index in [4.69, 9.17) is 10.2 Å². The molecular weight excluding hydrogens is 781 g/mol. The topological polar surface area (TPSA) is 174 Å². The number of aromatic nitrogens is 4. The zero-order valence-electron chi connectivity index (χ0n) is 33.5. The summed E-state index contributed by atoms with van der Waals surface area (Å²) in [4.78, 5) is 15.7. The molecule has 2 aromatic heterocycles.